The zero-order valence-electron chi connectivity index (χ0n) is 22.3. The minimum absolute atomic E-state index is 0.332. The van der Waals surface area contributed by atoms with Crippen LogP contribution in [-0.4, -0.2) is 72.7 Å². The second kappa shape index (κ2) is 10.6. The molecule has 1 spiro atoms. The summed E-state index contributed by atoms with van der Waals surface area (Å²) in [6.45, 7) is 4.62. The van der Waals surface area contributed by atoms with E-state index >= 15 is 0 Å². The van der Waals surface area contributed by atoms with Crippen molar-refractivity contribution in [1.29, 1.82) is 0 Å². The lowest BCUT2D eigenvalue weighted by Gasteiger charge is -2.39. The van der Waals surface area contributed by atoms with Crippen LogP contribution in [0.5, 0.6) is 5.75 Å². The normalized spacial score (nSPS) is 22.9. The summed E-state index contributed by atoms with van der Waals surface area (Å²) in [5.74, 6) is 3.16. The molecule has 0 saturated carbocycles. The average Bonchev–Trinajstić information content (AvgIpc) is 3.55. The fourth-order valence-corrected chi connectivity index (χ4v) is 7.49. The molecular formula is C29H34N6O3S. The summed E-state index contributed by atoms with van der Waals surface area (Å²) in [4.78, 5) is 24.7. The molecule has 2 atom stereocenters. The van der Waals surface area contributed by atoms with E-state index in [1.807, 2.05) is 30.9 Å². The van der Waals surface area contributed by atoms with Gasteiger partial charge in [-0.1, -0.05) is 17.8 Å². The first-order valence-electron chi connectivity index (χ1n) is 13.8. The molecule has 39 heavy (non-hydrogen) atoms. The summed E-state index contributed by atoms with van der Waals surface area (Å²) in [7, 11) is 1.65. The van der Waals surface area contributed by atoms with Crippen molar-refractivity contribution in [3.05, 3.63) is 54.2 Å². The molecule has 6 heterocycles. The number of piperidine rings is 1. The molecule has 7 rings (SSSR count). The number of hydrogen-bond acceptors (Lipinski definition) is 10. The van der Waals surface area contributed by atoms with Crippen LogP contribution in [0.3, 0.4) is 0 Å². The van der Waals surface area contributed by atoms with Crippen LogP contribution < -0.4 is 14.5 Å². The van der Waals surface area contributed by atoms with E-state index in [-0.39, 0.29) is 0 Å². The molecule has 0 unspecified atom stereocenters. The van der Waals surface area contributed by atoms with E-state index < -0.39 is 0 Å². The number of methoxy groups -OCH3 is 1. The Kier molecular flexibility index (Phi) is 6.78. The number of rotatable bonds is 7. The largest absolute Gasteiger partial charge is 0.486 e. The van der Waals surface area contributed by atoms with Crippen molar-refractivity contribution in [1.82, 2.24) is 19.9 Å². The van der Waals surface area contributed by atoms with Crippen LogP contribution in [0, 0.1) is 11.3 Å². The number of hydrogen-bond donors (Lipinski definition) is 0. The highest BCUT2D eigenvalue weighted by molar-refractivity contribution is 7.99. The van der Waals surface area contributed by atoms with Crippen molar-refractivity contribution in [3.8, 4) is 5.75 Å². The lowest BCUT2D eigenvalue weighted by molar-refractivity contribution is -0.0414. The molecule has 0 aromatic carbocycles. The minimum Gasteiger partial charge on any atom is -0.486 e. The average molecular weight is 547 g/mol. The first kappa shape index (κ1) is 25.0. The topological polar surface area (TPSA) is 85.7 Å². The highest BCUT2D eigenvalue weighted by Gasteiger charge is 2.41. The number of anilines is 2. The van der Waals surface area contributed by atoms with Crippen LogP contribution in [0.1, 0.15) is 30.5 Å². The summed E-state index contributed by atoms with van der Waals surface area (Å²) in [5.41, 5.74) is 3.10. The zero-order valence-corrected chi connectivity index (χ0v) is 23.1. The van der Waals surface area contributed by atoms with Gasteiger partial charge in [-0.2, -0.15) is 0 Å². The van der Waals surface area contributed by atoms with Crippen molar-refractivity contribution in [2.45, 2.75) is 48.1 Å². The van der Waals surface area contributed by atoms with Gasteiger partial charge in [-0.05, 0) is 55.2 Å². The maximum Gasteiger partial charge on any atom is 0.175 e. The third kappa shape index (κ3) is 4.94. The highest BCUT2D eigenvalue weighted by Crippen LogP contribution is 2.46. The van der Waals surface area contributed by atoms with Crippen molar-refractivity contribution in [2.75, 3.05) is 56.6 Å². The van der Waals surface area contributed by atoms with Gasteiger partial charge in [0.05, 0.1) is 29.9 Å². The monoisotopic (exact) mass is 546 g/mol. The van der Waals surface area contributed by atoms with Crippen molar-refractivity contribution in [2.24, 2.45) is 11.3 Å². The number of aromatic nitrogens is 4. The molecule has 1 aliphatic carbocycles. The Hall–Kier alpha value is -2.95. The predicted octanol–water partition coefficient (Wildman–Crippen LogP) is 4.01. The molecule has 0 radical (unpaired) electrons. The van der Waals surface area contributed by atoms with Crippen molar-refractivity contribution < 1.29 is 14.2 Å². The summed E-state index contributed by atoms with van der Waals surface area (Å²) < 4.78 is 16.9. The zero-order chi connectivity index (χ0) is 26.2. The van der Waals surface area contributed by atoms with Crippen LogP contribution in [0.25, 0.3) is 0 Å². The number of fused-ring (bicyclic) bond motifs is 4. The summed E-state index contributed by atoms with van der Waals surface area (Å²) in [5, 5.41) is 0.857. The van der Waals surface area contributed by atoms with E-state index in [4.69, 9.17) is 24.2 Å². The second-order valence-electron chi connectivity index (χ2n) is 11.2. The Morgan fingerprint density at radius 1 is 1.08 bits per heavy atom. The molecule has 0 amide bonds. The number of pyridine rings is 2. The van der Waals surface area contributed by atoms with Gasteiger partial charge in [0.1, 0.15) is 24.2 Å². The van der Waals surface area contributed by atoms with Crippen LogP contribution in [0.4, 0.5) is 11.6 Å². The standard InChI is InChI=1S/C29H34N6O3S/c1-36-19-37-17-20-11-22-18-38-27-24(4-8-31-28(27)35(22)16-20)39-26-15-32-25(14-33-26)34-9-5-29(6-10-34)12-21-3-2-7-30-23(21)13-29/h2-4,7-8,14-15,20,22H,5-6,9-13,16-19H2,1H3/t20-,22+/m0/s1. The third-order valence-electron chi connectivity index (χ3n) is 8.67. The van der Waals surface area contributed by atoms with Crippen LogP contribution in [0.15, 0.2) is 52.9 Å². The lowest BCUT2D eigenvalue weighted by atomic mass is 9.76. The third-order valence-corrected chi connectivity index (χ3v) is 9.63. The Labute approximate surface area is 233 Å². The summed E-state index contributed by atoms with van der Waals surface area (Å²) >= 11 is 1.59. The van der Waals surface area contributed by atoms with Crippen molar-refractivity contribution in [3.63, 3.8) is 0 Å². The summed E-state index contributed by atoms with van der Waals surface area (Å²) in [6, 6.07) is 6.65. The predicted molar refractivity (Wildman–Crippen MR) is 148 cm³/mol. The van der Waals surface area contributed by atoms with Crippen LogP contribution in [0.2, 0.25) is 0 Å². The van der Waals surface area contributed by atoms with E-state index in [2.05, 4.69) is 31.9 Å². The molecule has 9 nitrogen and oxygen atoms in total. The quantitative estimate of drug-likeness (QED) is 0.320. The Bertz CT molecular complexity index is 1290. The van der Waals surface area contributed by atoms with Gasteiger partial charge in [0.15, 0.2) is 11.6 Å². The highest BCUT2D eigenvalue weighted by atomic mass is 32.2. The molecule has 0 N–H and O–H groups in total. The Balaban J connectivity index is 0.987. The molecule has 2 fully saturated rings. The molecule has 3 aliphatic heterocycles. The molecule has 10 heteroatoms. The molecule has 3 aromatic heterocycles. The fourth-order valence-electron chi connectivity index (χ4n) is 6.69. The molecule has 0 bridgehead atoms. The van der Waals surface area contributed by atoms with E-state index in [9.17, 15) is 0 Å². The minimum atomic E-state index is 0.332. The first-order chi connectivity index (χ1) is 19.2. The summed E-state index contributed by atoms with van der Waals surface area (Å²) in [6.07, 6.45) is 13.2. The second-order valence-corrected chi connectivity index (χ2v) is 12.3. The SMILES string of the molecule is COCOC[C@H]1C[C@@H]2COc3c(Sc4cnc(N5CCC6(CC5)Cc5cccnc5C6)cn4)ccnc3N2C1. The maximum atomic E-state index is 6.25. The van der Waals surface area contributed by atoms with Gasteiger partial charge in [0.2, 0.25) is 0 Å². The van der Waals surface area contributed by atoms with E-state index in [0.29, 0.717) is 37.4 Å². The fraction of sp³-hybridized carbons (Fsp3) is 0.517. The van der Waals surface area contributed by atoms with Gasteiger partial charge in [-0.15, -0.1) is 0 Å². The Morgan fingerprint density at radius 2 is 2.00 bits per heavy atom. The molecule has 3 aromatic rings. The number of nitrogens with zero attached hydrogens (tertiary/aromatic N) is 6. The van der Waals surface area contributed by atoms with Crippen LogP contribution >= 0.6 is 11.8 Å². The smallest absolute Gasteiger partial charge is 0.175 e. The van der Waals surface area contributed by atoms with E-state index in [1.165, 1.54) is 24.1 Å². The van der Waals surface area contributed by atoms with Crippen molar-refractivity contribution >= 4 is 23.4 Å². The lowest BCUT2D eigenvalue weighted by Crippen LogP contribution is -2.41. The number of ether oxygens (including phenoxy) is 3. The van der Waals surface area contributed by atoms with Crippen LogP contribution in [-0.2, 0) is 22.3 Å². The molecule has 4 aliphatic rings. The van der Waals surface area contributed by atoms with E-state index in [0.717, 1.165) is 66.2 Å². The van der Waals surface area contributed by atoms with Gasteiger partial charge in [0, 0.05) is 50.7 Å². The first-order valence-corrected chi connectivity index (χ1v) is 14.6. The van der Waals surface area contributed by atoms with Gasteiger partial charge < -0.3 is 24.0 Å². The van der Waals surface area contributed by atoms with E-state index in [1.54, 1.807) is 18.9 Å². The molecule has 204 valence electrons. The molecular weight excluding hydrogens is 512 g/mol. The van der Waals surface area contributed by atoms with Gasteiger partial charge >= 0.3 is 0 Å². The Morgan fingerprint density at radius 3 is 2.82 bits per heavy atom. The van der Waals surface area contributed by atoms with Gasteiger partial charge in [-0.25, -0.2) is 15.0 Å². The van der Waals surface area contributed by atoms with Gasteiger partial charge in [0.25, 0.3) is 0 Å². The maximum absolute atomic E-state index is 6.25. The van der Waals surface area contributed by atoms with Gasteiger partial charge in [-0.3, -0.25) is 4.98 Å². The molecule has 2 saturated heterocycles.